The van der Waals surface area contributed by atoms with Crippen LogP contribution in [-0.4, -0.2) is 6.61 Å². The Morgan fingerprint density at radius 2 is 1.50 bits per heavy atom. The predicted octanol–water partition coefficient (Wildman–Crippen LogP) is 4.92. The molecule has 0 radical (unpaired) electrons. The summed E-state index contributed by atoms with van der Waals surface area (Å²) in [6.45, 7) is 14.4. The highest BCUT2D eigenvalue weighted by Crippen LogP contribution is 2.47. The van der Waals surface area contributed by atoms with Crippen LogP contribution >= 0.6 is 0 Å². The second-order valence-electron chi connectivity index (χ2n) is 7.14. The molecule has 0 bridgehead atoms. The molecular weight excluding hydrogens is 220 g/mol. The third-order valence-electron chi connectivity index (χ3n) is 3.49. The molecule has 0 saturated heterocycles. The molecule has 1 heteroatoms. The highest BCUT2D eigenvalue weighted by Gasteiger charge is 2.33. The summed E-state index contributed by atoms with van der Waals surface area (Å²) in [4.78, 5) is 0. The van der Waals surface area contributed by atoms with Crippen molar-refractivity contribution in [3.8, 4) is 5.75 Å². The lowest BCUT2D eigenvalue weighted by Crippen LogP contribution is -2.26. The average Bonchev–Trinajstić information content (AvgIpc) is 2.24. The molecule has 0 amide bonds. The summed E-state index contributed by atoms with van der Waals surface area (Å²) < 4.78 is 5.93. The summed E-state index contributed by atoms with van der Waals surface area (Å²) >= 11 is 0. The fourth-order valence-electron chi connectivity index (χ4n) is 2.63. The van der Waals surface area contributed by atoms with Crippen molar-refractivity contribution in [2.75, 3.05) is 6.61 Å². The first-order valence-corrected chi connectivity index (χ1v) is 6.67. The number of ether oxygens (including phenoxy) is 1. The highest BCUT2D eigenvalue weighted by atomic mass is 16.5. The molecule has 1 heterocycles. The van der Waals surface area contributed by atoms with E-state index in [1.807, 2.05) is 6.07 Å². The lowest BCUT2D eigenvalue weighted by molar-refractivity contribution is 0.302. The number of allylic oxidation sites excluding steroid dienone is 1. The number of benzene rings is 1. The Bertz CT molecular complexity index is 481. The van der Waals surface area contributed by atoms with E-state index in [0.717, 1.165) is 5.75 Å². The van der Waals surface area contributed by atoms with E-state index < -0.39 is 0 Å². The standard InChI is InChI=1S/C17H24O/c1-16(2,3)13-11-18-14-10-8-7-9-12(14)15(13)17(4,5)6/h7-10H,11H2,1-6H3. The van der Waals surface area contributed by atoms with Crippen molar-refractivity contribution in [2.45, 2.75) is 41.5 Å². The van der Waals surface area contributed by atoms with E-state index in [0.29, 0.717) is 6.61 Å². The van der Waals surface area contributed by atoms with Crippen molar-refractivity contribution in [1.82, 2.24) is 0 Å². The van der Waals surface area contributed by atoms with E-state index in [4.69, 9.17) is 4.74 Å². The zero-order valence-electron chi connectivity index (χ0n) is 12.4. The monoisotopic (exact) mass is 244 g/mol. The van der Waals surface area contributed by atoms with E-state index in [1.165, 1.54) is 16.7 Å². The van der Waals surface area contributed by atoms with Gasteiger partial charge in [0.15, 0.2) is 0 Å². The van der Waals surface area contributed by atoms with Crippen LogP contribution in [-0.2, 0) is 0 Å². The van der Waals surface area contributed by atoms with Gasteiger partial charge in [-0.25, -0.2) is 0 Å². The van der Waals surface area contributed by atoms with Gasteiger partial charge in [-0.2, -0.15) is 0 Å². The van der Waals surface area contributed by atoms with E-state index in [9.17, 15) is 0 Å². The Kier molecular flexibility index (Phi) is 3.04. The number of fused-ring (bicyclic) bond motifs is 1. The number of para-hydroxylation sites is 1. The minimum absolute atomic E-state index is 0.141. The summed E-state index contributed by atoms with van der Waals surface area (Å²) in [5.74, 6) is 1.02. The predicted molar refractivity (Wildman–Crippen MR) is 77.8 cm³/mol. The van der Waals surface area contributed by atoms with Gasteiger partial charge >= 0.3 is 0 Å². The summed E-state index contributed by atoms with van der Waals surface area (Å²) in [6, 6.07) is 8.39. The molecular formula is C17H24O. The van der Waals surface area contributed by atoms with Crippen molar-refractivity contribution >= 4 is 5.57 Å². The van der Waals surface area contributed by atoms with Crippen molar-refractivity contribution in [3.05, 3.63) is 35.4 Å². The molecule has 1 aliphatic heterocycles. The van der Waals surface area contributed by atoms with Crippen molar-refractivity contribution < 1.29 is 4.74 Å². The zero-order chi connectivity index (χ0) is 13.6. The minimum atomic E-state index is 0.141. The third-order valence-corrected chi connectivity index (χ3v) is 3.49. The zero-order valence-corrected chi connectivity index (χ0v) is 12.4. The number of rotatable bonds is 0. The Labute approximate surface area is 111 Å². The fourth-order valence-corrected chi connectivity index (χ4v) is 2.63. The molecule has 98 valence electrons. The first kappa shape index (κ1) is 13.2. The smallest absolute Gasteiger partial charge is 0.127 e. The van der Waals surface area contributed by atoms with E-state index in [1.54, 1.807) is 0 Å². The van der Waals surface area contributed by atoms with Gasteiger partial charge in [-0.05, 0) is 28.0 Å². The van der Waals surface area contributed by atoms with Crippen LogP contribution in [0.4, 0.5) is 0 Å². The van der Waals surface area contributed by atoms with Gasteiger partial charge < -0.3 is 4.74 Å². The molecule has 0 spiro atoms. The molecule has 0 aliphatic carbocycles. The maximum absolute atomic E-state index is 5.93. The lowest BCUT2D eigenvalue weighted by Gasteiger charge is -2.37. The normalized spacial score (nSPS) is 16.3. The highest BCUT2D eigenvalue weighted by molar-refractivity contribution is 5.78. The summed E-state index contributed by atoms with van der Waals surface area (Å²) in [5.41, 5.74) is 4.44. The Morgan fingerprint density at radius 1 is 0.889 bits per heavy atom. The summed E-state index contributed by atoms with van der Waals surface area (Å²) in [7, 11) is 0. The van der Waals surface area contributed by atoms with Gasteiger partial charge in [0.1, 0.15) is 12.4 Å². The molecule has 0 atom stereocenters. The topological polar surface area (TPSA) is 9.23 Å². The molecule has 0 fully saturated rings. The van der Waals surface area contributed by atoms with Gasteiger partial charge in [-0.15, -0.1) is 0 Å². The molecule has 1 nitrogen and oxygen atoms in total. The van der Waals surface area contributed by atoms with Gasteiger partial charge in [0, 0.05) is 5.56 Å². The summed E-state index contributed by atoms with van der Waals surface area (Å²) in [5, 5.41) is 0. The van der Waals surface area contributed by atoms with Gasteiger partial charge in [0.05, 0.1) is 0 Å². The van der Waals surface area contributed by atoms with Crippen LogP contribution in [0, 0.1) is 10.8 Å². The van der Waals surface area contributed by atoms with Gasteiger partial charge in [0.2, 0.25) is 0 Å². The van der Waals surface area contributed by atoms with Crippen LogP contribution in [0.3, 0.4) is 0 Å². The van der Waals surface area contributed by atoms with Crippen molar-refractivity contribution in [1.29, 1.82) is 0 Å². The molecule has 0 N–H and O–H groups in total. The molecule has 2 rings (SSSR count). The van der Waals surface area contributed by atoms with Gasteiger partial charge in [-0.3, -0.25) is 0 Å². The first-order chi connectivity index (χ1) is 8.21. The molecule has 0 unspecified atom stereocenters. The molecule has 0 saturated carbocycles. The Balaban J connectivity index is 2.70. The average molecular weight is 244 g/mol. The Hall–Kier alpha value is -1.24. The Morgan fingerprint density at radius 3 is 2.06 bits per heavy atom. The molecule has 0 aromatic heterocycles. The molecule has 1 aromatic rings. The van der Waals surface area contributed by atoms with Crippen LogP contribution in [0.25, 0.3) is 5.57 Å². The second-order valence-corrected chi connectivity index (χ2v) is 7.14. The first-order valence-electron chi connectivity index (χ1n) is 6.67. The largest absolute Gasteiger partial charge is 0.489 e. The maximum Gasteiger partial charge on any atom is 0.127 e. The lowest BCUT2D eigenvalue weighted by atomic mass is 9.71. The van der Waals surface area contributed by atoms with Gasteiger partial charge in [0.25, 0.3) is 0 Å². The minimum Gasteiger partial charge on any atom is -0.489 e. The van der Waals surface area contributed by atoms with Crippen LogP contribution in [0.1, 0.15) is 47.1 Å². The van der Waals surface area contributed by atoms with Crippen LogP contribution < -0.4 is 4.74 Å². The maximum atomic E-state index is 5.93. The summed E-state index contributed by atoms with van der Waals surface area (Å²) in [6.07, 6.45) is 0. The number of hydrogen-bond acceptors (Lipinski definition) is 1. The van der Waals surface area contributed by atoms with E-state index in [-0.39, 0.29) is 10.8 Å². The van der Waals surface area contributed by atoms with Crippen LogP contribution in [0.15, 0.2) is 29.8 Å². The van der Waals surface area contributed by atoms with E-state index >= 15 is 0 Å². The number of hydrogen-bond donors (Lipinski definition) is 0. The fraction of sp³-hybridized carbons (Fsp3) is 0.529. The third kappa shape index (κ3) is 2.31. The molecule has 18 heavy (non-hydrogen) atoms. The van der Waals surface area contributed by atoms with Crippen LogP contribution in [0.2, 0.25) is 0 Å². The molecule has 1 aliphatic rings. The van der Waals surface area contributed by atoms with Gasteiger partial charge in [-0.1, -0.05) is 59.7 Å². The molecule has 1 aromatic carbocycles. The second kappa shape index (κ2) is 4.15. The quantitative estimate of drug-likeness (QED) is 0.629. The van der Waals surface area contributed by atoms with Crippen molar-refractivity contribution in [3.63, 3.8) is 0 Å². The van der Waals surface area contributed by atoms with Crippen molar-refractivity contribution in [2.24, 2.45) is 10.8 Å². The SMILES string of the molecule is CC(C)(C)C1=C(C(C)(C)C)c2ccccc2OC1. The van der Waals surface area contributed by atoms with Crippen LogP contribution in [0.5, 0.6) is 5.75 Å². The van der Waals surface area contributed by atoms with E-state index in [2.05, 4.69) is 59.7 Å².